The van der Waals surface area contributed by atoms with Crippen LogP contribution in [0.2, 0.25) is 0 Å². The molecule has 102 valence electrons. The van der Waals surface area contributed by atoms with Gasteiger partial charge in [0.15, 0.2) is 0 Å². The summed E-state index contributed by atoms with van der Waals surface area (Å²) in [6.45, 7) is 1.74. The van der Waals surface area contributed by atoms with Gasteiger partial charge in [-0.25, -0.2) is 4.39 Å². The first-order chi connectivity index (χ1) is 8.77. The van der Waals surface area contributed by atoms with Gasteiger partial charge in [-0.3, -0.25) is 0 Å². The minimum Gasteiger partial charge on any atom is -0.385 e. The van der Waals surface area contributed by atoms with Crippen LogP contribution in [0.1, 0.15) is 24.8 Å². The van der Waals surface area contributed by atoms with Crippen LogP contribution >= 0.6 is 0 Å². The number of hydrogen-bond donors (Lipinski definition) is 1. The van der Waals surface area contributed by atoms with Crippen LogP contribution in [-0.2, 0) is 11.2 Å². The third-order valence-electron chi connectivity index (χ3n) is 3.17. The van der Waals surface area contributed by atoms with E-state index in [1.54, 1.807) is 13.2 Å². The first-order valence-corrected chi connectivity index (χ1v) is 6.65. The molecule has 0 aliphatic rings. The van der Waals surface area contributed by atoms with Gasteiger partial charge in [0.05, 0.1) is 0 Å². The van der Waals surface area contributed by atoms with Crippen molar-refractivity contribution in [2.45, 2.75) is 25.7 Å². The summed E-state index contributed by atoms with van der Waals surface area (Å²) >= 11 is 0. The molecular weight excluding hydrogens is 229 g/mol. The van der Waals surface area contributed by atoms with Gasteiger partial charge in [0, 0.05) is 13.7 Å². The second kappa shape index (κ2) is 9.06. The van der Waals surface area contributed by atoms with Crippen LogP contribution < -0.4 is 5.32 Å². The predicted molar refractivity (Wildman–Crippen MR) is 73.2 cm³/mol. The highest BCUT2D eigenvalue weighted by Gasteiger charge is 2.11. The van der Waals surface area contributed by atoms with Gasteiger partial charge < -0.3 is 10.1 Å². The Hall–Kier alpha value is -0.930. The molecule has 0 aromatic heterocycles. The summed E-state index contributed by atoms with van der Waals surface area (Å²) in [4.78, 5) is 0. The van der Waals surface area contributed by atoms with Crippen molar-refractivity contribution in [3.63, 3.8) is 0 Å². The molecule has 0 saturated carbocycles. The first-order valence-electron chi connectivity index (χ1n) is 6.65. The molecule has 1 atom stereocenters. The van der Waals surface area contributed by atoms with Gasteiger partial charge in [-0.2, -0.15) is 0 Å². The zero-order valence-electron chi connectivity index (χ0n) is 11.4. The normalized spacial score (nSPS) is 12.6. The molecule has 0 saturated heterocycles. The fourth-order valence-electron chi connectivity index (χ4n) is 2.22. The van der Waals surface area contributed by atoms with Crippen LogP contribution in [0, 0.1) is 11.7 Å². The van der Waals surface area contributed by atoms with Gasteiger partial charge in [0.2, 0.25) is 0 Å². The molecule has 1 unspecified atom stereocenters. The van der Waals surface area contributed by atoms with E-state index in [4.69, 9.17) is 4.74 Å². The molecule has 18 heavy (non-hydrogen) atoms. The van der Waals surface area contributed by atoms with E-state index in [1.807, 2.05) is 19.2 Å². The molecule has 0 radical (unpaired) electrons. The average Bonchev–Trinajstić information content (AvgIpc) is 2.37. The van der Waals surface area contributed by atoms with Crippen LogP contribution in [0.15, 0.2) is 24.3 Å². The van der Waals surface area contributed by atoms with Crippen LogP contribution in [0.3, 0.4) is 0 Å². The predicted octanol–water partition coefficient (Wildman–Crippen LogP) is 3.02. The molecule has 0 aliphatic carbocycles. The summed E-state index contributed by atoms with van der Waals surface area (Å²) in [6.07, 6.45) is 4.13. The molecule has 3 heteroatoms. The lowest BCUT2D eigenvalue weighted by Gasteiger charge is -2.17. The van der Waals surface area contributed by atoms with Crippen LogP contribution in [0.4, 0.5) is 4.39 Å². The highest BCUT2D eigenvalue weighted by atomic mass is 19.1. The summed E-state index contributed by atoms with van der Waals surface area (Å²) < 4.78 is 18.6. The molecule has 2 nitrogen and oxygen atoms in total. The second-order valence-electron chi connectivity index (χ2n) is 4.71. The van der Waals surface area contributed by atoms with Crippen molar-refractivity contribution in [1.82, 2.24) is 5.32 Å². The molecule has 1 N–H and O–H groups in total. The van der Waals surface area contributed by atoms with E-state index in [2.05, 4.69) is 5.32 Å². The topological polar surface area (TPSA) is 21.3 Å². The molecule has 0 heterocycles. The van der Waals surface area contributed by atoms with Gasteiger partial charge in [0.25, 0.3) is 0 Å². The van der Waals surface area contributed by atoms with Crippen LogP contribution in [0.5, 0.6) is 0 Å². The third-order valence-corrected chi connectivity index (χ3v) is 3.17. The molecule has 1 aromatic rings. The summed E-state index contributed by atoms with van der Waals surface area (Å²) in [7, 11) is 3.67. The Bertz CT molecular complexity index is 330. The first kappa shape index (κ1) is 15.1. The van der Waals surface area contributed by atoms with Crippen LogP contribution in [-0.4, -0.2) is 27.3 Å². The van der Waals surface area contributed by atoms with Crippen molar-refractivity contribution in [2.24, 2.45) is 5.92 Å². The van der Waals surface area contributed by atoms with Crippen molar-refractivity contribution in [3.8, 4) is 0 Å². The summed E-state index contributed by atoms with van der Waals surface area (Å²) in [5.74, 6) is 0.402. The number of ether oxygens (including phenoxy) is 1. The molecule has 0 bridgehead atoms. The standard InChI is InChI=1S/C15H24FNO/c1-17-12-13(7-5-6-10-18-2)11-14-8-3-4-9-15(14)16/h3-4,8-9,13,17H,5-7,10-12H2,1-2H3. The number of benzene rings is 1. The van der Waals surface area contributed by atoms with E-state index < -0.39 is 0 Å². The highest BCUT2D eigenvalue weighted by Crippen LogP contribution is 2.17. The molecule has 0 aliphatic heterocycles. The zero-order valence-corrected chi connectivity index (χ0v) is 11.4. The maximum Gasteiger partial charge on any atom is 0.126 e. The number of methoxy groups -OCH3 is 1. The number of rotatable bonds is 9. The lowest BCUT2D eigenvalue weighted by atomic mass is 9.94. The van der Waals surface area contributed by atoms with E-state index in [0.29, 0.717) is 5.92 Å². The van der Waals surface area contributed by atoms with Crippen molar-refractivity contribution >= 4 is 0 Å². The Morgan fingerprint density at radius 2 is 2.06 bits per heavy atom. The minimum atomic E-state index is -0.0875. The molecule has 1 rings (SSSR count). The van der Waals surface area contributed by atoms with Crippen molar-refractivity contribution in [3.05, 3.63) is 35.6 Å². The Morgan fingerprint density at radius 3 is 2.72 bits per heavy atom. The fourth-order valence-corrected chi connectivity index (χ4v) is 2.22. The maximum atomic E-state index is 13.6. The van der Waals surface area contributed by atoms with E-state index in [9.17, 15) is 4.39 Å². The quantitative estimate of drug-likeness (QED) is 0.683. The van der Waals surface area contributed by atoms with Gasteiger partial charge in [0.1, 0.15) is 5.82 Å². The Labute approximate surface area is 110 Å². The largest absolute Gasteiger partial charge is 0.385 e. The minimum absolute atomic E-state index is 0.0875. The molecular formula is C15H24FNO. The Morgan fingerprint density at radius 1 is 1.28 bits per heavy atom. The van der Waals surface area contributed by atoms with Gasteiger partial charge in [-0.05, 0) is 50.4 Å². The van der Waals surface area contributed by atoms with E-state index in [1.165, 1.54) is 6.07 Å². The van der Waals surface area contributed by atoms with Crippen LogP contribution in [0.25, 0.3) is 0 Å². The second-order valence-corrected chi connectivity index (χ2v) is 4.71. The molecule has 0 amide bonds. The lowest BCUT2D eigenvalue weighted by molar-refractivity contribution is 0.190. The number of unbranched alkanes of at least 4 members (excludes halogenated alkanes) is 1. The van der Waals surface area contributed by atoms with Gasteiger partial charge >= 0.3 is 0 Å². The van der Waals surface area contributed by atoms with Crippen molar-refractivity contribution in [2.75, 3.05) is 27.3 Å². The summed E-state index contributed by atoms with van der Waals surface area (Å²) in [5, 5.41) is 3.19. The zero-order chi connectivity index (χ0) is 13.2. The van der Waals surface area contributed by atoms with Crippen molar-refractivity contribution < 1.29 is 9.13 Å². The summed E-state index contributed by atoms with van der Waals surface area (Å²) in [6, 6.07) is 7.06. The average molecular weight is 253 g/mol. The Balaban J connectivity index is 2.44. The smallest absolute Gasteiger partial charge is 0.126 e. The number of nitrogens with one attached hydrogen (secondary N) is 1. The van der Waals surface area contributed by atoms with Gasteiger partial charge in [-0.1, -0.05) is 24.6 Å². The SMILES string of the molecule is CNCC(CCCCOC)Cc1ccccc1F. The molecule has 1 aromatic carbocycles. The highest BCUT2D eigenvalue weighted by molar-refractivity contribution is 5.17. The summed E-state index contributed by atoms with van der Waals surface area (Å²) in [5.41, 5.74) is 0.824. The third kappa shape index (κ3) is 5.61. The molecule has 0 spiro atoms. The van der Waals surface area contributed by atoms with E-state index in [-0.39, 0.29) is 5.82 Å². The van der Waals surface area contributed by atoms with E-state index >= 15 is 0 Å². The Kier molecular flexibility index (Phi) is 7.62. The number of halogens is 1. The fraction of sp³-hybridized carbons (Fsp3) is 0.600. The van der Waals surface area contributed by atoms with E-state index in [0.717, 1.165) is 44.4 Å². The monoisotopic (exact) mass is 253 g/mol. The van der Waals surface area contributed by atoms with Gasteiger partial charge in [-0.15, -0.1) is 0 Å². The lowest BCUT2D eigenvalue weighted by Crippen LogP contribution is -2.21. The molecule has 0 fully saturated rings. The maximum absolute atomic E-state index is 13.6. The number of hydrogen-bond acceptors (Lipinski definition) is 2. The van der Waals surface area contributed by atoms with Crippen molar-refractivity contribution in [1.29, 1.82) is 0 Å².